The number of rotatable bonds is 2. The lowest BCUT2D eigenvalue weighted by Gasteiger charge is -2.21. The molecule has 0 radical (unpaired) electrons. The van der Waals surface area contributed by atoms with Crippen LogP contribution in [0.2, 0.25) is 0 Å². The van der Waals surface area contributed by atoms with Crippen molar-refractivity contribution in [2.75, 3.05) is 11.4 Å². The van der Waals surface area contributed by atoms with Crippen molar-refractivity contribution in [2.24, 2.45) is 0 Å². The van der Waals surface area contributed by atoms with E-state index < -0.39 is 4.92 Å². The number of hydrogen-bond acceptors (Lipinski definition) is 4. The molecule has 0 unspecified atom stereocenters. The van der Waals surface area contributed by atoms with Gasteiger partial charge in [0.2, 0.25) is 0 Å². The molecule has 3 rings (SSSR count). The Morgan fingerprint density at radius 1 is 1.24 bits per heavy atom. The minimum absolute atomic E-state index is 0.0136. The minimum Gasteiger partial charge on any atom is -0.307 e. The Bertz CT molecular complexity index is 719. The van der Waals surface area contributed by atoms with Crippen molar-refractivity contribution in [1.82, 2.24) is 0 Å². The highest BCUT2D eigenvalue weighted by Gasteiger charge is 2.21. The van der Waals surface area contributed by atoms with E-state index in [1.165, 1.54) is 24.3 Å². The van der Waals surface area contributed by atoms with Crippen molar-refractivity contribution in [2.45, 2.75) is 6.42 Å². The predicted octanol–water partition coefficient (Wildman–Crippen LogP) is 3.72. The number of benzene rings is 1. The second kappa shape index (κ2) is 5.49. The molecule has 0 spiro atoms. The summed E-state index contributed by atoms with van der Waals surface area (Å²) < 4.78 is 0. The van der Waals surface area contributed by atoms with Gasteiger partial charge in [-0.2, -0.15) is 0 Å². The number of non-ortho nitro benzene ring substituents is 1. The van der Waals surface area contributed by atoms with Crippen LogP contribution >= 0.6 is 11.3 Å². The highest BCUT2D eigenvalue weighted by atomic mass is 32.1. The lowest BCUT2D eigenvalue weighted by molar-refractivity contribution is -0.384. The van der Waals surface area contributed by atoms with E-state index in [-0.39, 0.29) is 11.6 Å². The van der Waals surface area contributed by atoms with Gasteiger partial charge in [-0.05, 0) is 36.1 Å². The summed E-state index contributed by atoms with van der Waals surface area (Å²) >= 11 is 1.59. The average molecular weight is 300 g/mol. The summed E-state index contributed by atoms with van der Waals surface area (Å²) in [5, 5.41) is 12.6. The maximum atomic E-state index is 12.6. The third-order valence-electron chi connectivity index (χ3n) is 3.32. The van der Waals surface area contributed by atoms with Gasteiger partial charge in [-0.15, -0.1) is 11.3 Å². The Hall–Kier alpha value is -2.47. The summed E-state index contributed by atoms with van der Waals surface area (Å²) in [5.74, 6) is -0.131. The zero-order valence-electron chi connectivity index (χ0n) is 11.1. The molecule has 0 aliphatic carbocycles. The maximum Gasteiger partial charge on any atom is 0.269 e. The fourth-order valence-corrected chi connectivity index (χ4v) is 3.09. The van der Waals surface area contributed by atoms with Crippen LogP contribution in [0.5, 0.6) is 0 Å². The standard InChI is InChI=1S/C15H12N2O3S/c18-15(11-4-6-12(7-5-11)17(19)20)16-9-2-1-3-14-13(16)8-10-21-14/h1,3-8,10H,2,9H2. The molecule has 1 aromatic heterocycles. The van der Waals surface area contributed by atoms with Crippen LogP contribution in [0.1, 0.15) is 21.7 Å². The molecule has 5 nitrogen and oxygen atoms in total. The van der Waals surface area contributed by atoms with Crippen LogP contribution in [0, 0.1) is 10.1 Å². The molecule has 2 aromatic rings. The monoisotopic (exact) mass is 300 g/mol. The first-order chi connectivity index (χ1) is 10.2. The maximum absolute atomic E-state index is 12.6. The topological polar surface area (TPSA) is 63.4 Å². The lowest BCUT2D eigenvalue weighted by atomic mass is 10.1. The predicted molar refractivity (Wildman–Crippen MR) is 82.7 cm³/mol. The molecule has 0 N–H and O–H groups in total. The van der Waals surface area contributed by atoms with Gasteiger partial charge in [-0.1, -0.05) is 6.08 Å². The molecule has 2 heterocycles. The molecule has 0 saturated heterocycles. The molecule has 0 fully saturated rings. The summed E-state index contributed by atoms with van der Waals surface area (Å²) in [5.41, 5.74) is 1.34. The number of amides is 1. The number of hydrogen-bond donors (Lipinski definition) is 0. The Balaban J connectivity index is 1.91. The first-order valence-electron chi connectivity index (χ1n) is 6.47. The fraction of sp³-hybridized carbons (Fsp3) is 0.133. The average Bonchev–Trinajstić information content (AvgIpc) is 2.86. The van der Waals surface area contributed by atoms with Crippen LogP contribution in [0.15, 0.2) is 41.8 Å². The van der Waals surface area contributed by atoms with E-state index in [0.717, 1.165) is 17.0 Å². The first-order valence-corrected chi connectivity index (χ1v) is 7.35. The smallest absolute Gasteiger partial charge is 0.269 e. The van der Waals surface area contributed by atoms with Gasteiger partial charge in [0.15, 0.2) is 0 Å². The SMILES string of the molecule is O=C(c1ccc([N+](=O)[O-])cc1)N1CCC=Cc2sccc21. The van der Waals surface area contributed by atoms with Gasteiger partial charge in [-0.3, -0.25) is 14.9 Å². The molecular weight excluding hydrogens is 288 g/mol. The van der Waals surface area contributed by atoms with Crippen LogP contribution in [0.3, 0.4) is 0 Å². The van der Waals surface area contributed by atoms with Crippen LogP contribution in [0.4, 0.5) is 11.4 Å². The number of fused-ring (bicyclic) bond motifs is 1. The van der Waals surface area contributed by atoms with Crippen molar-refractivity contribution in [1.29, 1.82) is 0 Å². The number of anilines is 1. The summed E-state index contributed by atoms with van der Waals surface area (Å²) in [4.78, 5) is 25.6. The molecule has 21 heavy (non-hydrogen) atoms. The van der Waals surface area contributed by atoms with Crippen LogP contribution in [-0.2, 0) is 0 Å². The molecule has 0 bridgehead atoms. The van der Waals surface area contributed by atoms with Crippen LogP contribution in [-0.4, -0.2) is 17.4 Å². The van der Waals surface area contributed by atoms with Gasteiger partial charge in [0.25, 0.3) is 11.6 Å². The van der Waals surface area contributed by atoms with Crippen LogP contribution < -0.4 is 4.90 Å². The molecule has 0 saturated carbocycles. The van der Waals surface area contributed by atoms with Crippen molar-refractivity contribution in [3.63, 3.8) is 0 Å². The fourth-order valence-electron chi connectivity index (χ4n) is 2.27. The van der Waals surface area contributed by atoms with E-state index in [2.05, 4.69) is 6.08 Å². The molecule has 1 amide bonds. The second-order valence-electron chi connectivity index (χ2n) is 4.62. The van der Waals surface area contributed by atoms with E-state index in [0.29, 0.717) is 12.1 Å². The van der Waals surface area contributed by atoms with Gasteiger partial charge in [-0.25, -0.2) is 0 Å². The largest absolute Gasteiger partial charge is 0.307 e. The van der Waals surface area contributed by atoms with Gasteiger partial charge in [0.05, 0.1) is 15.5 Å². The zero-order valence-corrected chi connectivity index (χ0v) is 11.9. The third-order valence-corrected chi connectivity index (χ3v) is 4.19. The molecule has 1 aromatic carbocycles. The highest BCUT2D eigenvalue weighted by molar-refractivity contribution is 7.11. The molecule has 1 aliphatic heterocycles. The Kier molecular flexibility index (Phi) is 3.53. The second-order valence-corrected chi connectivity index (χ2v) is 5.57. The van der Waals surface area contributed by atoms with Crippen molar-refractivity contribution >= 4 is 34.7 Å². The number of thiophene rings is 1. The van der Waals surface area contributed by atoms with Crippen molar-refractivity contribution in [3.05, 3.63) is 62.3 Å². The van der Waals surface area contributed by atoms with E-state index in [4.69, 9.17) is 0 Å². The van der Waals surface area contributed by atoms with E-state index in [1.54, 1.807) is 16.2 Å². The van der Waals surface area contributed by atoms with E-state index >= 15 is 0 Å². The Labute approximate surface area is 125 Å². The Morgan fingerprint density at radius 3 is 2.71 bits per heavy atom. The third kappa shape index (κ3) is 2.57. The molecular formula is C15H12N2O3S. The molecule has 1 aliphatic rings. The normalized spacial score (nSPS) is 13.6. The quantitative estimate of drug-likeness (QED) is 0.627. The summed E-state index contributed by atoms with van der Waals surface area (Å²) in [6.45, 7) is 0.607. The number of nitro groups is 1. The van der Waals surface area contributed by atoms with Crippen molar-refractivity contribution in [3.8, 4) is 0 Å². The van der Waals surface area contributed by atoms with Gasteiger partial charge >= 0.3 is 0 Å². The van der Waals surface area contributed by atoms with Gasteiger partial charge in [0, 0.05) is 24.2 Å². The Morgan fingerprint density at radius 2 is 2.00 bits per heavy atom. The number of carbonyl (C=O) groups is 1. The summed E-state index contributed by atoms with van der Waals surface area (Å²) in [6, 6.07) is 7.66. The summed E-state index contributed by atoms with van der Waals surface area (Å²) in [6.07, 6.45) is 4.88. The van der Waals surface area contributed by atoms with Gasteiger partial charge in [0.1, 0.15) is 0 Å². The van der Waals surface area contributed by atoms with Crippen molar-refractivity contribution < 1.29 is 9.72 Å². The molecule has 0 atom stereocenters. The minimum atomic E-state index is -0.471. The molecule has 106 valence electrons. The number of nitro benzene ring substituents is 1. The molecule has 6 heteroatoms. The highest BCUT2D eigenvalue weighted by Crippen LogP contribution is 2.31. The number of nitrogens with zero attached hydrogens (tertiary/aromatic N) is 2. The van der Waals surface area contributed by atoms with Gasteiger partial charge < -0.3 is 4.90 Å². The lowest BCUT2D eigenvalue weighted by Crippen LogP contribution is -2.31. The zero-order chi connectivity index (χ0) is 14.8. The number of carbonyl (C=O) groups excluding carboxylic acids is 1. The first kappa shape index (κ1) is 13.5. The summed E-state index contributed by atoms with van der Waals surface area (Å²) in [7, 11) is 0. The van der Waals surface area contributed by atoms with E-state index in [1.807, 2.05) is 17.5 Å². The van der Waals surface area contributed by atoms with E-state index in [9.17, 15) is 14.9 Å². The van der Waals surface area contributed by atoms with Crippen LogP contribution in [0.25, 0.3) is 6.08 Å².